The minimum absolute atomic E-state index is 0.0479. The summed E-state index contributed by atoms with van der Waals surface area (Å²) in [5.74, 6) is 0.0479. The largest absolute Gasteiger partial charge is 0.343 e. The molecule has 0 atom stereocenters. The number of hydrogen-bond acceptors (Lipinski definition) is 4. The van der Waals surface area contributed by atoms with E-state index in [1.165, 1.54) is 23.4 Å². The SMILES string of the molecule is CS(=O)(=O)N(CCC(=O)N1CCCCCC1)Cc1cccnc1. The minimum Gasteiger partial charge on any atom is -0.343 e. The van der Waals surface area contributed by atoms with Crippen molar-refractivity contribution < 1.29 is 13.2 Å². The van der Waals surface area contributed by atoms with Crippen molar-refractivity contribution in [3.63, 3.8) is 0 Å². The first-order valence-corrected chi connectivity index (χ1v) is 9.93. The van der Waals surface area contributed by atoms with Gasteiger partial charge in [0.25, 0.3) is 0 Å². The van der Waals surface area contributed by atoms with Crippen LogP contribution in [0.2, 0.25) is 0 Å². The third-order valence-corrected chi connectivity index (χ3v) is 5.33. The van der Waals surface area contributed by atoms with Crippen LogP contribution in [-0.4, -0.2) is 54.4 Å². The second-order valence-corrected chi connectivity index (χ2v) is 7.99. The standard InChI is InChI=1S/C16H25N3O3S/c1-23(21,22)19(14-15-7-6-9-17-13-15)12-8-16(20)18-10-4-2-3-5-11-18/h6-7,9,13H,2-5,8,10-12,14H2,1H3. The van der Waals surface area contributed by atoms with Gasteiger partial charge in [-0.1, -0.05) is 18.9 Å². The summed E-state index contributed by atoms with van der Waals surface area (Å²) in [5, 5.41) is 0. The smallest absolute Gasteiger partial charge is 0.223 e. The number of carbonyl (C=O) groups excluding carboxylic acids is 1. The summed E-state index contributed by atoms with van der Waals surface area (Å²) in [5.41, 5.74) is 0.820. The molecule has 0 N–H and O–H groups in total. The number of rotatable bonds is 6. The molecule has 1 aliphatic rings. The van der Waals surface area contributed by atoms with Gasteiger partial charge >= 0.3 is 0 Å². The normalized spacial score (nSPS) is 16.3. The molecule has 6 nitrogen and oxygen atoms in total. The summed E-state index contributed by atoms with van der Waals surface area (Å²) in [6.07, 6.45) is 9.12. The van der Waals surface area contributed by atoms with Gasteiger partial charge in [-0.25, -0.2) is 8.42 Å². The number of sulfonamides is 1. The predicted molar refractivity (Wildman–Crippen MR) is 89.2 cm³/mol. The van der Waals surface area contributed by atoms with Gasteiger partial charge in [0.15, 0.2) is 0 Å². The molecule has 0 radical (unpaired) electrons. The van der Waals surface area contributed by atoms with Gasteiger partial charge in [-0.15, -0.1) is 0 Å². The topological polar surface area (TPSA) is 70.6 Å². The highest BCUT2D eigenvalue weighted by atomic mass is 32.2. The Balaban J connectivity index is 1.94. The zero-order chi connectivity index (χ0) is 16.7. The number of likely N-dealkylation sites (tertiary alicyclic amines) is 1. The summed E-state index contributed by atoms with van der Waals surface area (Å²) < 4.78 is 25.3. The monoisotopic (exact) mass is 339 g/mol. The maximum Gasteiger partial charge on any atom is 0.223 e. The van der Waals surface area contributed by atoms with E-state index < -0.39 is 10.0 Å². The van der Waals surface area contributed by atoms with E-state index in [-0.39, 0.29) is 25.4 Å². The fourth-order valence-corrected chi connectivity index (χ4v) is 3.56. The van der Waals surface area contributed by atoms with Gasteiger partial charge in [0.1, 0.15) is 0 Å². The van der Waals surface area contributed by atoms with Crippen molar-refractivity contribution in [2.45, 2.75) is 38.6 Å². The van der Waals surface area contributed by atoms with Crippen molar-refractivity contribution in [3.8, 4) is 0 Å². The first-order valence-electron chi connectivity index (χ1n) is 8.08. The zero-order valence-electron chi connectivity index (χ0n) is 13.6. The van der Waals surface area contributed by atoms with Crippen LogP contribution >= 0.6 is 0 Å². The Labute approximate surface area is 138 Å². The van der Waals surface area contributed by atoms with Crippen molar-refractivity contribution in [3.05, 3.63) is 30.1 Å². The summed E-state index contributed by atoms with van der Waals surface area (Å²) in [6, 6.07) is 3.61. The molecule has 1 amide bonds. The first-order chi connectivity index (χ1) is 11.0. The van der Waals surface area contributed by atoms with E-state index in [0.717, 1.165) is 31.5 Å². The van der Waals surface area contributed by atoms with E-state index in [1.54, 1.807) is 18.5 Å². The summed E-state index contributed by atoms with van der Waals surface area (Å²) in [7, 11) is -3.36. The second kappa shape index (κ2) is 8.40. The molecule has 1 saturated heterocycles. The van der Waals surface area contributed by atoms with E-state index in [9.17, 15) is 13.2 Å². The Morgan fingerprint density at radius 2 is 1.96 bits per heavy atom. The third-order valence-electron chi connectivity index (χ3n) is 4.08. The molecular formula is C16H25N3O3S. The van der Waals surface area contributed by atoms with Gasteiger partial charge in [0.05, 0.1) is 6.26 Å². The molecule has 0 aliphatic carbocycles. The van der Waals surface area contributed by atoms with Crippen molar-refractivity contribution >= 4 is 15.9 Å². The molecule has 1 aliphatic heterocycles. The summed E-state index contributed by atoms with van der Waals surface area (Å²) >= 11 is 0. The van der Waals surface area contributed by atoms with Crippen LogP contribution < -0.4 is 0 Å². The molecule has 0 bridgehead atoms. The number of carbonyl (C=O) groups is 1. The lowest BCUT2D eigenvalue weighted by atomic mass is 10.2. The van der Waals surface area contributed by atoms with E-state index in [2.05, 4.69) is 4.98 Å². The second-order valence-electron chi connectivity index (χ2n) is 6.00. The van der Waals surface area contributed by atoms with Crippen LogP contribution in [0.4, 0.5) is 0 Å². The predicted octanol–water partition coefficient (Wildman–Crippen LogP) is 1.64. The highest BCUT2D eigenvalue weighted by Gasteiger charge is 2.21. The number of nitrogens with zero attached hydrogens (tertiary/aromatic N) is 3. The lowest BCUT2D eigenvalue weighted by molar-refractivity contribution is -0.131. The Morgan fingerprint density at radius 3 is 2.52 bits per heavy atom. The van der Waals surface area contributed by atoms with Crippen LogP contribution in [0.3, 0.4) is 0 Å². The summed E-state index contributed by atoms with van der Waals surface area (Å²) in [4.78, 5) is 18.2. The van der Waals surface area contributed by atoms with Crippen molar-refractivity contribution in [2.75, 3.05) is 25.9 Å². The molecular weight excluding hydrogens is 314 g/mol. The van der Waals surface area contributed by atoms with Crippen LogP contribution in [0, 0.1) is 0 Å². The van der Waals surface area contributed by atoms with E-state index in [4.69, 9.17) is 0 Å². The van der Waals surface area contributed by atoms with Crippen molar-refractivity contribution in [1.82, 2.24) is 14.2 Å². The van der Waals surface area contributed by atoms with Crippen LogP contribution in [0.25, 0.3) is 0 Å². The molecule has 2 heterocycles. The molecule has 2 rings (SSSR count). The maximum atomic E-state index is 12.3. The Kier molecular flexibility index (Phi) is 6.53. The molecule has 7 heteroatoms. The lowest BCUT2D eigenvalue weighted by Crippen LogP contribution is -2.37. The molecule has 1 aromatic heterocycles. The average molecular weight is 339 g/mol. The quantitative estimate of drug-likeness (QED) is 0.790. The fraction of sp³-hybridized carbons (Fsp3) is 0.625. The van der Waals surface area contributed by atoms with Crippen molar-refractivity contribution in [1.29, 1.82) is 0 Å². The van der Waals surface area contributed by atoms with Crippen molar-refractivity contribution in [2.24, 2.45) is 0 Å². The Hall–Kier alpha value is -1.47. The van der Waals surface area contributed by atoms with Crippen LogP contribution in [0.1, 0.15) is 37.7 Å². The average Bonchev–Trinajstić information content (AvgIpc) is 2.80. The van der Waals surface area contributed by atoms with Crippen LogP contribution in [-0.2, 0) is 21.4 Å². The van der Waals surface area contributed by atoms with Gasteiger partial charge in [0.2, 0.25) is 15.9 Å². The first kappa shape index (κ1) is 17.9. The molecule has 1 aromatic rings. The molecule has 1 fully saturated rings. The number of hydrogen-bond donors (Lipinski definition) is 0. The number of amides is 1. The minimum atomic E-state index is -3.36. The van der Waals surface area contributed by atoms with E-state index >= 15 is 0 Å². The Morgan fingerprint density at radius 1 is 1.26 bits per heavy atom. The zero-order valence-corrected chi connectivity index (χ0v) is 14.5. The summed E-state index contributed by atoms with van der Waals surface area (Å²) in [6.45, 7) is 2.05. The van der Waals surface area contributed by atoms with Gasteiger partial charge in [0, 0.05) is 45.0 Å². The third kappa shape index (κ3) is 5.91. The molecule has 128 valence electrons. The van der Waals surface area contributed by atoms with Crippen LogP contribution in [0.5, 0.6) is 0 Å². The number of pyridine rings is 1. The lowest BCUT2D eigenvalue weighted by Gasteiger charge is -2.23. The van der Waals surface area contributed by atoms with Gasteiger partial charge in [-0.2, -0.15) is 4.31 Å². The van der Waals surface area contributed by atoms with Gasteiger partial charge in [-0.05, 0) is 24.5 Å². The molecule has 0 spiro atoms. The molecule has 0 saturated carbocycles. The highest BCUT2D eigenvalue weighted by Crippen LogP contribution is 2.13. The van der Waals surface area contributed by atoms with Gasteiger partial charge in [-0.3, -0.25) is 9.78 Å². The van der Waals surface area contributed by atoms with Gasteiger partial charge < -0.3 is 4.90 Å². The van der Waals surface area contributed by atoms with E-state index in [1.807, 2.05) is 11.0 Å². The molecule has 23 heavy (non-hydrogen) atoms. The fourth-order valence-electron chi connectivity index (χ4n) is 2.76. The molecule has 0 unspecified atom stereocenters. The maximum absolute atomic E-state index is 12.3. The van der Waals surface area contributed by atoms with Crippen LogP contribution in [0.15, 0.2) is 24.5 Å². The number of aromatic nitrogens is 1. The highest BCUT2D eigenvalue weighted by molar-refractivity contribution is 7.88. The molecule has 0 aromatic carbocycles. The Bertz CT molecular complexity index is 596. The van der Waals surface area contributed by atoms with E-state index in [0.29, 0.717) is 0 Å².